The number of hydrazine groups is 1. The molecule has 1 aromatic heterocycles. The fraction of sp³-hybridized carbons (Fsp3) is 0.500. The Balaban J connectivity index is 2.51. The van der Waals surface area contributed by atoms with Gasteiger partial charge in [-0.3, -0.25) is 5.43 Å². The van der Waals surface area contributed by atoms with Gasteiger partial charge in [-0.1, -0.05) is 0 Å². The van der Waals surface area contributed by atoms with Crippen LogP contribution in [0.25, 0.3) is 0 Å². The van der Waals surface area contributed by atoms with Crippen LogP contribution in [0.3, 0.4) is 0 Å². The van der Waals surface area contributed by atoms with Gasteiger partial charge in [-0.05, 0) is 6.92 Å². The molecule has 1 rings (SSSR count). The number of aromatic nitrogens is 2. The summed E-state index contributed by atoms with van der Waals surface area (Å²) in [5, 5.41) is 2.99. The number of rotatable bonds is 6. The van der Waals surface area contributed by atoms with Crippen molar-refractivity contribution in [1.29, 1.82) is 0 Å². The minimum absolute atomic E-state index is 0.285. The van der Waals surface area contributed by atoms with Gasteiger partial charge in [0.2, 0.25) is 16.0 Å². The first-order valence-corrected chi connectivity index (χ1v) is 6.80. The second kappa shape index (κ2) is 5.75. The van der Waals surface area contributed by atoms with E-state index in [9.17, 15) is 8.42 Å². The summed E-state index contributed by atoms with van der Waals surface area (Å²) in [5.41, 5.74) is 3.19. The molecule has 9 heteroatoms. The lowest BCUT2D eigenvalue weighted by Crippen LogP contribution is -2.28. The summed E-state index contributed by atoms with van der Waals surface area (Å²) in [7, 11) is -3.16. The monoisotopic (exact) mass is 260 g/mol. The van der Waals surface area contributed by atoms with E-state index in [0.717, 1.165) is 11.8 Å². The number of sulfonamides is 1. The molecule has 0 spiro atoms. The first-order valence-electron chi connectivity index (χ1n) is 4.91. The molecule has 0 fully saturated rings. The first kappa shape index (κ1) is 13.6. The van der Waals surface area contributed by atoms with Crippen LogP contribution >= 0.6 is 0 Å². The molecule has 96 valence electrons. The predicted octanol–water partition coefficient (Wildman–Crippen LogP) is -0.968. The highest BCUT2D eigenvalue weighted by Crippen LogP contribution is 2.10. The number of nitrogens with one attached hydrogen (secondary N) is 3. The number of nitrogens with zero attached hydrogens (tertiary/aromatic N) is 2. The molecule has 0 amide bonds. The first-order chi connectivity index (χ1) is 7.92. The van der Waals surface area contributed by atoms with Gasteiger partial charge in [-0.2, -0.15) is 4.98 Å². The summed E-state index contributed by atoms with van der Waals surface area (Å²) in [4.78, 5) is 8.02. The fourth-order valence-electron chi connectivity index (χ4n) is 1.11. The number of nitrogen functional groups attached to an aromatic ring is 1. The second-order valence-corrected chi connectivity index (χ2v) is 5.30. The lowest BCUT2D eigenvalue weighted by Gasteiger charge is -2.09. The third kappa shape index (κ3) is 4.93. The largest absolute Gasteiger partial charge is 0.368 e. The molecule has 0 saturated heterocycles. The molecule has 1 aromatic rings. The van der Waals surface area contributed by atoms with Crippen LogP contribution in [-0.4, -0.2) is 37.7 Å². The third-order valence-corrected chi connectivity index (χ3v) is 2.61. The molecule has 8 nitrogen and oxygen atoms in total. The Morgan fingerprint density at radius 1 is 1.41 bits per heavy atom. The minimum atomic E-state index is -3.16. The molecular formula is C8H16N6O2S. The minimum Gasteiger partial charge on any atom is -0.368 e. The highest BCUT2D eigenvalue weighted by molar-refractivity contribution is 7.88. The molecular weight excluding hydrogens is 244 g/mol. The Morgan fingerprint density at radius 3 is 2.71 bits per heavy atom. The number of hydrogen-bond donors (Lipinski definition) is 4. The van der Waals surface area contributed by atoms with Gasteiger partial charge in [0.25, 0.3) is 0 Å². The summed E-state index contributed by atoms with van der Waals surface area (Å²) >= 11 is 0. The molecule has 0 atom stereocenters. The zero-order valence-corrected chi connectivity index (χ0v) is 10.5. The van der Waals surface area contributed by atoms with Crippen molar-refractivity contribution in [2.45, 2.75) is 6.92 Å². The maximum Gasteiger partial charge on any atom is 0.239 e. The van der Waals surface area contributed by atoms with E-state index in [4.69, 9.17) is 5.84 Å². The molecule has 5 N–H and O–H groups in total. The van der Waals surface area contributed by atoms with Crippen molar-refractivity contribution in [3.8, 4) is 0 Å². The number of aryl methyl sites for hydroxylation is 1. The molecule has 0 saturated carbocycles. The van der Waals surface area contributed by atoms with Crippen LogP contribution in [0.5, 0.6) is 0 Å². The summed E-state index contributed by atoms with van der Waals surface area (Å²) in [5.74, 6) is 6.10. The van der Waals surface area contributed by atoms with E-state index >= 15 is 0 Å². The van der Waals surface area contributed by atoms with E-state index in [1.165, 1.54) is 0 Å². The van der Waals surface area contributed by atoms with Crippen molar-refractivity contribution in [2.75, 3.05) is 30.1 Å². The van der Waals surface area contributed by atoms with E-state index < -0.39 is 10.0 Å². The number of hydrogen-bond acceptors (Lipinski definition) is 7. The van der Waals surface area contributed by atoms with Crippen LogP contribution in [0.1, 0.15) is 5.56 Å². The third-order valence-electron chi connectivity index (χ3n) is 1.88. The van der Waals surface area contributed by atoms with Crippen molar-refractivity contribution in [3.05, 3.63) is 11.8 Å². The highest BCUT2D eigenvalue weighted by atomic mass is 32.2. The molecule has 1 heterocycles. The lowest BCUT2D eigenvalue weighted by atomic mass is 10.3. The van der Waals surface area contributed by atoms with Crippen LogP contribution in [-0.2, 0) is 10.0 Å². The fourth-order valence-corrected chi connectivity index (χ4v) is 1.58. The van der Waals surface area contributed by atoms with Gasteiger partial charge in [0.1, 0.15) is 5.82 Å². The Morgan fingerprint density at radius 2 is 2.12 bits per heavy atom. The quantitative estimate of drug-likeness (QED) is 0.295. The molecule has 0 aliphatic rings. The van der Waals surface area contributed by atoms with Crippen LogP contribution in [0.2, 0.25) is 0 Å². The van der Waals surface area contributed by atoms with Gasteiger partial charge in [0.05, 0.1) is 6.26 Å². The SMILES string of the molecule is Cc1cnc(NN)nc1NCCNS(C)(=O)=O. The van der Waals surface area contributed by atoms with Gasteiger partial charge in [-0.25, -0.2) is 24.0 Å². The lowest BCUT2D eigenvalue weighted by molar-refractivity contribution is 0.589. The van der Waals surface area contributed by atoms with Crippen LogP contribution in [0.15, 0.2) is 6.20 Å². The normalized spacial score (nSPS) is 11.2. The zero-order chi connectivity index (χ0) is 12.9. The summed E-state index contributed by atoms with van der Waals surface area (Å²) in [6.45, 7) is 2.55. The van der Waals surface area contributed by atoms with E-state index in [-0.39, 0.29) is 6.54 Å². The van der Waals surface area contributed by atoms with Crippen LogP contribution in [0.4, 0.5) is 11.8 Å². The summed E-state index contributed by atoms with van der Waals surface area (Å²) < 4.78 is 24.0. The Bertz CT molecular complexity index is 475. The Labute approximate surface area is 100 Å². The predicted molar refractivity (Wildman–Crippen MR) is 65.9 cm³/mol. The second-order valence-electron chi connectivity index (χ2n) is 3.46. The van der Waals surface area contributed by atoms with E-state index in [2.05, 4.69) is 25.4 Å². The van der Waals surface area contributed by atoms with Crippen LogP contribution in [0, 0.1) is 6.92 Å². The molecule has 0 unspecified atom stereocenters. The van der Waals surface area contributed by atoms with Gasteiger partial charge < -0.3 is 5.32 Å². The van der Waals surface area contributed by atoms with Crippen molar-refractivity contribution in [2.24, 2.45) is 5.84 Å². The standard InChI is InChI=1S/C8H16N6O2S/c1-6-5-11-8(14-9)13-7(6)10-3-4-12-17(2,15)16/h5,12H,3-4,9H2,1-2H3,(H2,10,11,13,14). The van der Waals surface area contributed by atoms with Crippen molar-refractivity contribution < 1.29 is 8.42 Å². The van der Waals surface area contributed by atoms with Crippen molar-refractivity contribution >= 4 is 21.8 Å². The highest BCUT2D eigenvalue weighted by Gasteiger charge is 2.03. The van der Waals surface area contributed by atoms with Gasteiger partial charge in [0.15, 0.2) is 0 Å². The molecule has 17 heavy (non-hydrogen) atoms. The maximum absolute atomic E-state index is 10.8. The number of anilines is 2. The molecule has 0 aliphatic carbocycles. The van der Waals surface area contributed by atoms with E-state index in [0.29, 0.717) is 18.3 Å². The van der Waals surface area contributed by atoms with E-state index in [1.807, 2.05) is 6.92 Å². The van der Waals surface area contributed by atoms with Crippen LogP contribution < -0.4 is 21.3 Å². The average Bonchev–Trinajstić information content (AvgIpc) is 2.25. The smallest absolute Gasteiger partial charge is 0.239 e. The summed E-state index contributed by atoms with van der Waals surface area (Å²) in [6, 6.07) is 0. The Kier molecular flexibility index (Phi) is 4.61. The maximum atomic E-state index is 10.8. The van der Waals surface area contributed by atoms with Gasteiger partial charge in [-0.15, -0.1) is 0 Å². The van der Waals surface area contributed by atoms with Gasteiger partial charge in [0, 0.05) is 24.8 Å². The van der Waals surface area contributed by atoms with Crippen molar-refractivity contribution in [1.82, 2.24) is 14.7 Å². The van der Waals surface area contributed by atoms with Gasteiger partial charge >= 0.3 is 0 Å². The van der Waals surface area contributed by atoms with Crippen molar-refractivity contribution in [3.63, 3.8) is 0 Å². The molecule has 0 aromatic carbocycles. The average molecular weight is 260 g/mol. The topological polar surface area (TPSA) is 122 Å². The Hall–Kier alpha value is -1.45. The molecule has 0 aliphatic heterocycles. The molecule has 0 bridgehead atoms. The summed E-state index contributed by atoms with van der Waals surface area (Å²) in [6.07, 6.45) is 2.73. The zero-order valence-electron chi connectivity index (χ0n) is 9.69. The molecule has 0 radical (unpaired) electrons. The van der Waals surface area contributed by atoms with E-state index in [1.54, 1.807) is 6.20 Å². The number of nitrogens with two attached hydrogens (primary N) is 1.